The third-order valence-electron chi connectivity index (χ3n) is 3.89. The molecule has 0 unspecified atom stereocenters. The van der Waals surface area contributed by atoms with Gasteiger partial charge >= 0.3 is 0 Å². The summed E-state index contributed by atoms with van der Waals surface area (Å²) in [4.78, 5) is 25.2. The Kier molecular flexibility index (Phi) is 5.18. The minimum absolute atomic E-state index is 0.287. The first-order valence-electron chi connectivity index (χ1n) is 7.55. The van der Waals surface area contributed by atoms with Gasteiger partial charge in [-0.05, 0) is 25.2 Å². The Hall–Kier alpha value is -1.89. The summed E-state index contributed by atoms with van der Waals surface area (Å²) in [5.41, 5.74) is 0.740. The molecule has 0 saturated carbocycles. The van der Waals surface area contributed by atoms with Crippen molar-refractivity contribution in [1.82, 2.24) is 14.9 Å². The molecule has 1 amide bonds. The lowest BCUT2D eigenvalue weighted by Gasteiger charge is -2.33. The number of piperazine rings is 1. The van der Waals surface area contributed by atoms with E-state index < -0.39 is 0 Å². The molecular weight excluding hydrogens is 349 g/mol. The monoisotopic (exact) mass is 365 g/mol. The number of hydrogen-bond acceptors (Lipinski definition) is 5. The van der Waals surface area contributed by atoms with E-state index in [1.165, 1.54) is 6.33 Å². The molecule has 0 spiro atoms. The van der Waals surface area contributed by atoms with Crippen molar-refractivity contribution in [1.29, 1.82) is 0 Å². The van der Waals surface area contributed by atoms with Gasteiger partial charge in [-0.1, -0.05) is 23.2 Å². The first-order chi connectivity index (χ1) is 11.5. The topological polar surface area (TPSA) is 61.4 Å². The van der Waals surface area contributed by atoms with Crippen LogP contribution in [0.3, 0.4) is 0 Å². The molecule has 1 N–H and O–H groups in total. The van der Waals surface area contributed by atoms with E-state index in [9.17, 15) is 4.79 Å². The molecule has 0 atom stereocenters. The highest BCUT2D eigenvalue weighted by Gasteiger charge is 2.18. The number of aromatic nitrogens is 2. The van der Waals surface area contributed by atoms with E-state index in [1.807, 2.05) is 0 Å². The van der Waals surface area contributed by atoms with Crippen LogP contribution >= 0.6 is 23.2 Å². The SMILES string of the molecule is CN1CCN(c2cc(C(=O)Nc3cc(Cl)ccc3Cl)ncn2)CC1. The van der Waals surface area contributed by atoms with Crippen LogP contribution in [-0.4, -0.2) is 54.0 Å². The Morgan fingerprint density at radius 1 is 1.12 bits per heavy atom. The predicted molar refractivity (Wildman–Crippen MR) is 96.2 cm³/mol. The largest absolute Gasteiger partial charge is 0.354 e. The predicted octanol–water partition coefficient (Wildman–Crippen LogP) is 2.79. The molecule has 1 aliphatic heterocycles. The van der Waals surface area contributed by atoms with Crippen LogP contribution in [-0.2, 0) is 0 Å². The van der Waals surface area contributed by atoms with Crippen molar-refractivity contribution >= 4 is 40.6 Å². The zero-order valence-corrected chi connectivity index (χ0v) is 14.7. The number of nitrogens with zero attached hydrogens (tertiary/aromatic N) is 4. The second-order valence-electron chi connectivity index (χ2n) is 5.63. The zero-order valence-electron chi connectivity index (χ0n) is 13.2. The van der Waals surface area contributed by atoms with Crippen LogP contribution in [0.2, 0.25) is 10.0 Å². The third-order valence-corrected chi connectivity index (χ3v) is 4.45. The molecule has 3 rings (SSSR count). The molecule has 1 fully saturated rings. The number of carbonyl (C=O) groups is 1. The number of hydrogen-bond donors (Lipinski definition) is 1. The fraction of sp³-hybridized carbons (Fsp3) is 0.312. The van der Waals surface area contributed by atoms with Gasteiger partial charge in [-0.2, -0.15) is 0 Å². The maximum atomic E-state index is 12.4. The average Bonchev–Trinajstić information content (AvgIpc) is 2.59. The summed E-state index contributed by atoms with van der Waals surface area (Å²) in [6, 6.07) is 6.59. The van der Waals surface area contributed by atoms with Gasteiger partial charge in [0.25, 0.3) is 5.91 Å². The van der Waals surface area contributed by atoms with Gasteiger partial charge in [-0.25, -0.2) is 9.97 Å². The van der Waals surface area contributed by atoms with Crippen molar-refractivity contribution in [3.8, 4) is 0 Å². The molecule has 1 saturated heterocycles. The first kappa shape index (κ1) is 17.0. The molecule has 2 heterocycles. The Morgan fingerprint density at radius 2 is 1.88 bits per heavy atom. The van der Waals surface area contributed by atoms with Crippen LogP contribution in [0.4, 0.5) is 11.5 Å². The number of anilines is 2. The summed E-state index contributed by atoms with van der Waals surface area (Å²) in [7, 11) is 2.09. The van der Waals surface area contributed by atoms with Gasteiger partial charge < -0.3 is 15.1 Å². The van der Waals surface area contributed by atoms with Crippen molar-refractivity contribution in [3.63, 3.8) is 0 Å². The zero-order chi connectivity index (χ0) is 17.1. The molecule has 8 heteroatoms. The lowest BCUT2D eigenvalue weighted by molar-refractivity contribution is 0.102. The van der Waals surface area contributed by atoms with Crippen LogP contribution in [0.15, 0.2) is 30.6 Å². The number of carbonyl (C=O) groups excluding carboxylic acids is 1. The summed E-state index contributed by atoms with van der Waals surface area (Å²) in [5, 5.41) is 3.65. The van der Waals surface area contributed by atoms with E-state index >= 15 is 0 Å². The highest BCUT2D eigenvalue weighted by atomic mass is 35.5. The molecule has 0 aliphatic carbocycles. The summed E-state index contributed by atoms with van der Waals surface area (Å²) < 4.78 is 0. The van der Waals surface area contributed by atoms with Crippen molar-refractivity contribution < 1.29 is 4.79 Å². The van der Waals surface area contributed by atoms with E-state index in [0.29, 0.717) is 15.7 Å². The fourth-order valence-electron chi connectivity index (χ4n) is 2.46. The van der Waals surface area contributed by atoms with Gasteiger partial charge in [0.05, 0.1) is 10.7 Å². The van der Waals surface area contributed by atoms with Crippen molar-refractivity contribution in [3.05, 3.63) is 46.3 Å². The number of likely N-dealkylation sites (N-methyl/N-ethyl adjacent to an activating group) is 1. The minimum Gasteiger partial charge on any atom is -0.354 e. The summed E-state index contributed by atoms with van der Waals surface area (Å²) >= 11 is 12.0. The maximum absolute atomic E-state index is 12.4. The lowest BCUT2D eigenvalue weighted by atomic mass is 10.2. The molecule has 0 radical (unpaired) electrons. The second-order valence-corrected chi connectivity index (χ2v) is 6.47. The Labute approximate surface area is 150 Å². The summed E-state index contributed by atoms with van der Waals surface area (Å²) in [6.45, 7) is 3.66. The van der Waals surface area contributed by atoms with E-state index in [1.54, 1.807) is 24.3 Å². The van der Waals surface area contributed by atoms with Gasteiger partial charge in [-0.3, -0.25) is 4.79 Å². The highest BCUT2D eigenvalue weighted by Crippen LogP contribution is 2.26. The second kappa shape index (κ2) is 7.34. The number of rotatable bonds is 3. The van der Waals surface area contributed by atoms with Gasteiger partial charge in [0, 0.05) is 37.3 Å². The summed E-state index contributed by atoms with van der Waals surface area (Å²) in [5.74, 6) is 0.400. The standard InChI is InChI=1S/C16H17Cl2N5O/c1-22-4-6-23(7-5-22)15-9-14(19-10-20-15)16(24)21-13-8-11(17)2-3-12(13)18/h2-3,8-10H,4-7H2,1H3,(H,21,24). The third kappa shape index (κ3) is 3.95. The van der Waals surface area contributed by atoms with Crippen LogP contribution < -0.4 is 10.2 Å². The van der Waals surface area contributed by atoms with Crippen LogP contribution in [0.1, 0.15) is 10.5 Å². The first-order valence-corrected chi connectivity index (χ1v) is 8.30. The van der Waals surface area contributed by atoms with Crippen molar-refractivity contribution in [2.75, 3.05) is 43.4 Å². The average molecular weight is 366 g/mol. The van der Waals surface area contributed by atoms with Crippen molar-refractivity contribution in [2.45, 2.75) is 0 Å². The highest BCUT2D eigenvalue weighted by molar-refractivity contribution is 6.35. The van der Waals surface area contributed by atoms with E-state index in [-0.39, 0.29) is 11.6 Å². The molecule has 1 aliphatic rings. The quantitative estimate of drug-likeness (QED) is 0.905. The molecule has 2 aromatic rings. The maximum Gasteiger partial charge on any atom is 0.274 e. The molecule has 1 aromatic carbocycles. The van der Waals surface area contributed by atoms with Gasteiger partial charge in [-0.15, -0.1) is 0 Å². The van der Waals surface area contributed by atoms with E-state index in [2.05, 4.69) is 32.1 Å². The Morgan fingerprint density at radius 3 is 2.62 bits per heavy atom. The number of halogens is 2. The molecule has 1 aromatic heterocycles. The molecular formula is C16H17Cl2N5O. The Bertz CT molecular complexity index is 747. The normalized spacial score (nSPS) is 15.4. The van der Waals surface area contributed by atoms with Crippen LogP contribution in [0.5, 0.6) is 0 Å². The van der Waals surface area contributed by atoms with Gasteiger partial charge in [0.15, 0.2) is 0 Å². The number of amides is 1. The molecule has 126 valence electrons. The van der Waals surface area contributed by atoms with Crippen LogP contribution in [0.25, 0.3) is 0 Å². The molecule has 0 bridgehead atoms. The van der Waals surface area contributed by atoms with Crippen LogP contribution in [0, 0.1) is 0 Å². The lowest BCUT2D eigenvalue weighted by Crippen LogP contribution is -2.44. The number of nitrogens with one attached hydrogen (secondary N) is 1. The summed E-state index contributed by atoms with van der Waals surface area (Å²) in [6.07, 6.45) is 1.40. The fourth-order valence-corrected chi connectivity index (χ4v) is 2.80. The van der Waals surface area contributed by atoms with Crippen molar-refractivity contribution in [2.24, 2.45) is 0 Å². The number of benzene rings is 1. The smallest absolute Gasteiger partial charge is 0.274 e. The van der Waals surface area contributed by atoms with Gasteiger partial charge in [0.2, 0.25) is 0 Å². The molecule has 24 heavy (non-hydrogen) atoms. The van der Waals surface area contributed by atoms with E-state index in [0.717, 1.165) is 32.0 Å². The van der Waals surface area contributed by atoms with Gasteiger partial charge in [0.1, 0.15) is 17.8 Å². The van der Waals surface area contributed by atoms with E-state index in [4.69, 9.17) is 23.2 Å². The minimum atomic E-state index is -0.350. The Balaban J connectivity index is 1.76. The molecule has 6 nitrogen and oxygen atoms in total.